The Bertz CT molecular complexity index is 1020. The van der Waals surface area contributed by atoms with Crippen LogP contribution in [0.5, 0.6) is 0 Å². The van der Waals surface area contributed by atoms with Crippen LogP contribution >= 0.6 is 11.3 Å². The summed E-state index contributed by atoms with van der Waals surface area (Å²) in [7, 11) is 1.46. The molecule has 0 spiro atoms. The van der Waals surface area contributed by atoms with Crippen LogP contribution < -0.4 is 0 Å². The summed E-state index contributed by atoms with van der Waals surface area (Å²) in [4.78, 5) is 26.6. The number of ether oxygens (including phenoxy) is 1. The third-order valence-corrected chi connectivity index (χ3v) is 6.78. The van der Waals surface area contributed by atoms with Crippen molar-refractivity contribution in [3.05, 3.63) is 82.0 Å². The molecular formula is C23H21NO4S. The highest BCUT2D eigenvalue weighted by Gasteiger charge is 2.44. The molecular weight excluding hydrogens is 386 g/mol. The zero-order valence-corrected chi connectivity index (χ0v) is 17.0. The molecule has 29 heavy (non-hydrogen) atoms. The van der Waals surface area contributed by atoms with Crippen molar-refractivity contribution in [1.29, 1.82) is 0 Å². The maximum Gasteiger partial charge on any atom is 0.410 e. The molecule has 0 saturated carbocycles. The lowest BCUT2D eigenvalue weighted by molar-refractivity contribution is -0.149. The average molecular weight is 407 g/mol. The van der Waals surface area contributed by atoms with Crippen LogP contribution in [0.25, 0.3) is 11.1 Å². The highest BCUT2D eigenvalue weighted by Crippen LogP contribution is 2.44. The van der Waals surface area contributed by atoms with E-state index in [2.05, 4.69) is 12.1 Å². The summed E-state index contributed by atoms with van der Waals surface area (Å²) in [6.07, 6.45) is -0.662. The second kappa shape index (κ2) is 7.37. The molecule has 1 aromatic heterocycles. The molecule has 148 valence electrons. The van der Waals surface area contributed by atoms with E-state index in [1.165, 1.54) is 25.3 Å². The molecule has 3 aromatic rings. The zero-order valence-electron chi connectivity index (χ0n) is 16.2. The lowest BCUT2D eigenvalue weighted by Crippen LogP contribution is -2.50. The van der Waals surface area contributed by atoms with Crippen LogP contribution in [0.2, 0.25) is 0 Å². The number of hydrogen-bond acceptors (Lipinski definition) is 4. The van der Waals surface area contributed by atoms with Gasteiger partial charge in [0.1, 0.15) is 6.61 Å². The predicted octanol–water partition coefficient (Wildman–Crippen LogP) is 4.93. The van der Waals surface area contributed by atoms with Crippen molar-refractivity contribution in [1.82, 2.24) is 4.90 Å². The van der Waals surface area contributed by atoms with Crippen LogP contribution in [-0.4, -0.2) is 35.7 Å². The minimum atomic E-state index is -1.49. The lowest BCUT2D eigenvalue weighted by atomic mass is 9.98. The topological polar surface area (TPSA) is 66.8 Å². The standard InChI is InChI=1S/C23H21NO4S/c1-23(21(25)26,20-12-7-13-29-20)24(2)22(27)28-14-19-17-10-5-3-8-15(17)16-9-4-6-11-18(16)19/h3-13,19H,14H2,1-2H3,(H,25,26). The van der Waals surface area contributed by atoms with Crippen molar-refractivity contribution in [3.8, 4) is 11.1 Å². The molecule has 0 radical (unpaired) electrons. The molecule has 1 unspecified atom stereocenters. The Balaban J connectivity index is 1.56. The number of rotatable bonds is 5. The number of hydrogen-bond donors (Lipinski definition) is 1. The van der Waals surface area contributed by atoms with E-state index in [9.17, 15) is 14.7 Å². The number of fused-ring (bicyclic) bond motifs is 3. The molecule has 0 saturated heterocycles. The Kier molecular flexibility index (Phi) is 4.88. The van der Waals surface area contributed by atoms with Crippen LogP contribution in [-0.2, 0) is 15.1 Å². The number of thiophene rings is 1. The lowest BCUT2D eigenvalue weighted by Gasteiger charge is -2.33. The molecule has 1 atom stereocenters. The van der Waals surface area contributed by atoms with E-state index in [0.717, 1.165) is 27.2 Å². The first-order valence-electron chi connectivity index (χ1n) is 9.30. The second-order valence-electron chi connectivity index (χ2n) is 7.22. The summed E-state index contributed by atoms with van der Waals surface area (Å²) in [5.74, 6) is -1.17. The Hall–Kier alpha value is -3.12. The maximum absolute atomic E-state index is 12.8. The van der Waals surface area contributed by atoms with Crippen LogP contribution in [0.4, 0.5) is 4.79 Å². The van der Waals surface area contributed by atoms with Gasteiger partial charge < -0.3 is 9.84 Å². The van der Waals surface area contributed by atoms with Crippen LogP contribution in [0, 0.1) is 0 Å². The van der Waals surface area contributed by atoms with Crippen LogP contribution in [0.1, 0.15) is 28.8 Å². The van der Waals surface area contributed by atoms with Gasteiger partial charge in [0.25, 0.3) is 0 Å². The molecule has 0 aliphatic heterocycles. The second-order valence-corrected chi connectivity index (χ2v) is 8.17. The van der Waals surface area contributed by atoms with Gasteiger partial charge in [0, 0.05) is 17.8 Å². The number of nitrogens with zero attached hydrogens (tertiary/aromatic N) is 1. The van der Waals surface area contributed by atoms with Crippen molar-refractivity contribution in [3.63, 3.8) is 0 Å². The van der Waals surface area contributed by atoms with Gasteiger partial charge in [-0.05, 0) is 40.6 Å². The van der Waals surface area contributed by atoms with Gasteiger partial charge in [-0.1, -0.05) is 54.6 Å². The Morgan fingerprint density at radius 2 is 1.62 bits per heavy atom. The average Bonchev–Trinajstić information content (AvgIpc) is 3.38. The summed E-state index contributed by atoms with van der Waals surface area (Å²) in [5, 5.41) is 11.6. The molecule has 4 rings (SSSR count). The Morgan fingerprint density at radius 1 is 1.03 bits per heavy atom. The number of aliphatic carboxylic acids is 1. The number of benzene rings is 2. The van der Waals surface area contributed by atoms with E-state index in [1.807, 2.05) is 36.4 Å². The van der Waals surface area contributed by atoms with Gasteiger partial charge in [-0.15, -0.1) is 11.3 Å². The van der Waals surface area contributed by atoms with E-state index in [-0.39, 0.29) is 12.5 Å². The highest BCUT2D eigenvalue weighted by atomic mass is 32.1. The van der Waals surface area contributed by atoms with Gasteiger partial charge in [-0.2, -0.15) is 0 Å². The van der Waals surface area contributed by atoms with Crippen molar-refractivity contribution in [2.45, 2.75) is 18.4 Å². The molecule has 0 bridgehead atoms. The normalized spacial score (nSPS) is 14.6. The third kappa shape index (κ3) is 3.09. The van der Waals surface area contributed by atoms with Gasteiger partial charge >= 0.3 is 12.1 Å². The minimum absolute atomic E-state index is 0.0717. The summed E-state index contributed by atoms with van der Waals surface area (Å²) in [5.41, 5.74) is 3.03. The van der Waals surface area contributed by atoms with Gasteiger partial charge in [0.15, 0.2) is 5.54 Å². The fraction of sp³-hybridized carbons (Fsp3) is 0.217. The Labute approximate surface area is 173 Å². The van der Waals surface area contributed by atoms with Crippen molar-refractivity contribution in [2.24, 2.45) is 0 Å². The van der Waals surface area contributed by atoms with E-state index in [0.29, 0.717) is 4.88 Å². The van der Waals surface area contributed by atoms with E-state index < -0.39 is 17.6 Å². The molecule has 1 amide bonds. The fourth-order valence-electron chi connectivity index (χ4n) is 3.84. The smallest absolute Gasteiger partial charge is 0.410 e. The monoisotopic (exact) mass is 407 g/mol. The summed E-state index contributed by atoms with van der Waals surface area (Å²) >= 11 is 1.30. The molecule has 2 aromatic carbocycles. The predicted molar refractivity (Wildman–Crippen MR) is 112 cm³/mol. The maximum atomic E-state index is 12.8. The highest BCUT2D eigenvalue weighted by molar-refractivity contribution is 7.10. The van der Waals surface area contributed by atoms with Crippen LogP contribution in [0.3, 0.4) is 0 Å². The van der Waals surface area contributed by atoms with Gasteiger partial charge in [0.05, 0.1) is 0 Å². The molecule has 0 fully saturated rings. The first-order chi connectivity index (χ1) is 13.9. The molecule has 5 nitrogen and oxygen atoms in total. The number of carbonyl (C=O) groups excluding carboxylic acids is 1. The number of carboxylic acid groups (broad SMARTS) is 1. The van der Waals surface area contributed by atoms with Gasteiger partial charge in [-0.3, -0.25) is 4.90 Å². The van der Waals surface area contributed by atoms with Crippen molar-refractivity contribution < 1.29 is 19.4 Å². The van der Waals surface area contributed by atoms with Crippen molar-refractivity contribution >= 4 is 23.4 Å². The first-order valence-corrected chi connectivity index (χ1v) is 10.2. The number of carboxylic acids is 1. The molecule has 1 aliphatic rings. The molecule has 1 heterocycles. The summed E-state index contributed by atoms with van der Waals surface area (Å²) in [6.45, 7) is 1.67. The largest absolute Gasteiger partial charge is 0.479 e. The first kappa shape index (κ1) is 19.2. The van der Waals surface area contributed by atoms with Gasteiger partial charge in [-0.25, -0.2) is 9.59 Å². The number of likely N-dealkylation sites (N-methyl/N-ethyl adjacent to an activating group) is 1. The minimum Gasteiger partial charge on any atom is -0.479 e. The zero-order chi connectivity index (χ0) is 20.6. The number of amides is 1. The SMILES string of the molecule is CN(C(=O)OCC1c2ccccc2-c2ccccc21)C(C)(C(=O)O)c1cccs1. The van der Waals surface area contributed by atoms with E-state index >= 15 is 0 Å². The summed E-state index contributed by atoms with van der Waals surface area (Å²) in [6, 6.07) is 19.7. The molecule has 6 heteroatoms. The van der Waals surface area contributed by atoms with Crippen LogP contribution in [0.15, 0.2) is 66.0 Å². The quantitative estimate of drug-likeness (QED) is 0.651. The fourth-order valence-corrected chi connectivity index (χ4v) is 4.76. The van der Waals surface area contributed by atoms with E-state index in [4.69, 9.17) is 4.74 Å². The van der Waals surface area contributed by atoms with Crippen molar-refractivity contribution in [2.75, 3.05) is 13.7 Å². The number of carbonyl (C=O) groups is 2. The molecule has 1 aliphatic carbocycles. The van der Waals surface area contributed by atoms with E-state index in [1.54, 1.807) is 17.5 Å². The summed E-state index contributed by atoms with van der Waals surface area (Å²) < 4.78 is 5.62. The van der Waals surface area contributed by atoms with Gasteiger partial charge in [0.2, 0.25) is 0 Å². The third-order valence-electron chi connectivity index (χ3n) is 5.70. The molecule has 1 N–H and O–H groups in total. The Morgan fingerprint density at radius 3 is 2.14 bits per heavy atom.